The van der Waals surface area contributed by atoms with Crippen LogP contribution in [0.4, 0.5) is 5.82 Å². The molecule has 7 nitrogen and oxygen atoms in total. The molecule has 148 valence electrons. The second kappa shape index (κ2) is 8.40. The Morgan fingerprint density at radius 1 is 1.21 bits per heavy atom. The number of nitrogens with zero attached hydrogens (tertiary/aromatic N) is 3. The molecule has 3 heterocycles. The van der Waals surface area contributed by atoms with E-state index in [-0.39, 0.29) is 11.7 Å². The quantitative estimate of drug-likeness (QED) is 0.452. The van der Waals surface area contributed by atoms with E-state index in [1.165, 1.54) is 17.3 Å². The molecule has 3 aromatic heterocycles. The first-order valence-corrected chi connectivity index (χ1v) is 10.1. The largest absolute Gasteiger partial charge is 0.467 e. The number of aryl methyl sites for hydroxylation is 2. The highest BCUT2D eigenvalue weighted by Crippen LogP contribution is 2.28. The van der Waals surface area contributed by atoms with Gasteiger partial charge in [0, 0.05) is 6.07 Å². The summed E-state index contributed by atoms with van der Waals surface area (Å²) in [5.41, 5.74) is 3.22. The number of nitrogens with one attached hydrogen (secondary N) is 1. The van der Waals surface area contributed by atoms with Gasteiger partial charge < -0.3 is 18.8 Å². The molecule has 0 saturated carbocycles. The lowest BCUT2D eigenvalue weighted by atomic mass is 10.1. The topological polar surface area (TPSA) is 86.1 Å². The van der Waals surface area contributed by atoms with Crippen LogP contribution in [-0.4, -0.2) is 26.4 Å². The molecule has 0 spiro atoms. The molecule has 0 atom stereocenters. The smallest absolute Gasteiger partial charge is 0.236 e. The van der Waals surface area contributed by atoms with Crippen molar-refractivity contribution in [3.8, 4) is 11.3 Å². The van der Waals surface area contributed by atoms with Crippen LogP contribution in [-0.2, 0) is 11.3 Å². The average Bonchev–Trinajstić information content (AvgIpc) is 3.44. The molecule has 29 heavy (non-hydrogen) atoms. The number of benzene rings is 1. The number of rotatable bonds is 7. The van der Waals surface area contributed by atoms with Crippen LogP contribution in [0.5, 0.6) is 0 Å². The van der Waals surface area contributed by atoms with E-state index < -0.39 is 0 Å². The number of aromatic nitrogens is 3. The van der Waals surface area contributed by atoms with Gasteiger partial charge in [0.15, 0.2) is 11.0 Å². The standard InChI is InChI=1S/C21H20N4O3S/c1-14-5-7-16(8-6-14)18-11-22-21(25(18)12-17-4-3-9-27-17)29-13-20(26)23-19-10-15(2)28-24-19/h3-11H,12-13H2,1-2H3,(H,23,24,26). The monoisotopic (exact) mass is 408 g/mol. The lowest BCUT2D eigenvalue weighted by molar-refractivity contribution is -0.113. The fraction of sp³-hybridized carbons (Fsp3) is 0.190. The van der Waals surface area contributed by atoms with E-state index in [2.05, 4.69) is 51.2 Å². The van der Waals surface area contributed by atoms with Crippen molar-refractivity contribution >= 4 is 23.5 Å². The van der Waals surface area contributed by atoms with Gasteiger partial charge >= 0.3 is 0 Å². The first-order valence-electron chi connectivity index (χ1n) is 9.09. The fourth-order valence-electron chi connectivity index (χ4n) is 2.87. The van der Waals surface area contributed by atoms with Gasteiger partial charge in [0.1, 0.15) is 11.5 Å². The van der Waals surface area contributed by atoms with Gasteiger partial charge in [-0.15, -0.1) is 0 Å². The Bertz CT molecular complexity index is 1100. The highest BCUT2D eigenvalue weighted by molar-refractivity contribution is 7.99. The molecule has 1 N–H and O–H groups in total. The molecule has 0 saturated heterocycles. The van der Waals surface area contributed by atoms with Crippen LogP contribution in [0.1, 0.15) is 17.1 Å². The number of carbonyl (C=O) groups is 1. The van der Waals surface area contributed by atoms with Crippen LogP contribution < -0.4 is 5.32 Å². The van der Waals surface area contributed by atoms with E-state index in [0.29, 0.717) is 18.1 Å². The number of furan rings is 1. The minimum atomic E-state index is -0.173. The van der Waals surface area contributed by atoms with E-state index in [0.717, 1.165) is 22.2 Å². The summed E-state index contributed by atoms with van der Waals surface area (Å²) in [5, 5.41) is 7.24. The normalized spacial score (nSPS) is 11.0. The average molecular weight is 408 g/mol. The van der Waals surface area contributed by atoms with Crippen molar-refractivity contribution in [1.82, 2.24) is 14.7 Å². The third kappa shape index (κ3) is 4.60. The molecule has 0 bridgehead atoms. The Hall–Kier alpha value is -3.26. The van der Waals surface area contributed by atoms with Crippen LogP contribution in [0.25, 0.3) is 11.3 Å². The number of carbonyl (C=O) groups excluding carboxylic acids is 1. The zero-order valence-corrected chi connectivity index (χ0v) is 16.9. The van der Waals surface area contributed by atoms with E-state index in [1.54, 1.807) is 19.3 Å². The summed E-state index contributed by atoms with van der Waals surface area (Å²) in [6, 6.07) is 13.7. The van der Waals surface area contributed by atoms with Gasteiger partial charge in [0.2, 0.25) is 5.91 Å². The third-order valence-electron chi connectivity index (χ3n) is 4.29. The maximum Gasteiger partial charge on any atom is 0.236 e. The molecule has 1 aromatic carbocycles. The zero-order valence-electron chi connectivity index (χ0n) is 16.1. The molecule has 0 aliphatic rings. The lowest BCUT2D eigenvalue weighted by Gasteiger charge is -2.11. The van der Waals surface area contributed by atoms with Gasteiger partial charge in [-0.1, -0.05) is 46.7 Å². The summed E-state index contributed by atoms with van der Waals surface area (Å²) in [5.74, 6) is 1.90. The molecule has 1 amide bonds. The molecule has 0 unspecified atom stereocenters. The molecule has 0 aliphatic heterocycles. The van der Waals surface area contributed by atoms with Crippen molar-refractivity contribution in [3.63, 3.8) is 0 Å². The van der Waals surface area contributed by atoms with Gasteiger partial charge in [-0.2, -0.15) is 0 Å². The maximum atomic E-state index is 12.3. The summed E-state index contributed by atoms with van der Waals surface area (Å²) < 4.78 is 12.5. The van der Waals surface area contributed by atoms with Gasteiger partial charge in [0.05, 0.1) is 30.5 Å². The minimum absolute atomic E-state index is 0.173. The highest BCUT2D eigenvalue weighted by atomic mass is 32.2. The molecule has 8 heteroatoms. The van der Waals surface area contributed by atoms with Crippen LogP contribution >= 0.6 is 11.8 Å². The Balaban J connectivity index is 1.54. The predicted octanol–water partition coefficient (Wildman–Crippen LogP) is 4.53. The molecule has 0 aliphatic carbocycles. The van der Waals surface area contributed by atoms with Crippen molar-refractivity contribution in [2.24, 2.45) is 0 Å². The molecule has 4 aromatic rings. The predicted molar refractivity (Wildman–Crippen MR) is 111 cm³/mol. The van der Waals surface area contributed by atoms with Crippen molar-refractivity contribution in [1.29, 1.82) is 0 Å². The van der Waals surface area contributed by atoms with E-state index in [1.807, 2.05) is 18.3 Å². The molecule has 0 fully saturated rings. The second-order valence-electron chi connectivity index (χ2n) is 6.62. The summed E-state index contributed by atoms with van der Waals surface area (Å²) in [7, 11) is 0. The van der Waals surface area contributed by atoms with Crippen molar-refractivity contribution in [3.05, 3.63) is 72.0 Å². The second-order valence-corrected chi connectivity index (χ2v) is 7.56. The lowest BCUT2D eigenvalue weighted by Crippen LogP contribution is -2.15. The Labute approximate surface area is 172 Å². The van der Waals surface area contributed by atoms with Crippen LogP contribution in [0.2, 0.25) is 0 Å². The number of hydrogen-bond donors (Lipinski definition) is 1. The Kier molecular flexibility index (Phi) is 5.53. The van der Waals surface area contributed by atoms with Gasteiger partial charge in [0.25, 0.3) is 0 Å². The highest BCUT2D eigenvalue weighted by Gasteiger charge is 2.16. The van der Waals surface area contributed by atoms with E-state index in [4.69, 9.17) is 8.94 Å². The molecular formula is C21H20N4O3S. The number of imidazole rings is 1. The fourth-order valence-corrected chi connectivity index (χ4v) is 3.65. The third-order valence-corrected chi connectivity index (χ3v) is 5.28. The van der Waals surface area contributed by atoms with Crippen molar-refractivity contribution in [2.45, 2.75) is 25.5 Å². The summed E-state index contributed by atoms with van der Waals surface area (Å²) in [4.78, 5) is 16.8. The van der Waals surface area contributed by atoms with Crippen LogP contribution in [0.3, 0.4) is 0 Å². The Morgan fingerprint density at radius 3 is 2.72 bits per heavy atom. The van der Waals surface area contributed by atoms with Gasteiger partial charge in [-0.05, 0) is 31.5 Å². The number of thioether (sulfide) groups is 1. The van der Waals surface area contributed by atoms with Crippen molar-refractivity contribution < 1.29 is 13.7 Å². The molecule has 0 radical (unpaired) electrons. The molecular weight excluding hydrogens is 388 g/mol. The van der Waals surface area contributed by atoms with Gasteiger partial charge in [-0.25, -0.2) is 4.98 Å². The Morgan fingerprint density at radius 2 is 2.03 bits per heavy atom. The van der Waals surface area contributed by atoms with Crippen molar-refractivity contribution in [2.75, 3.05) is 11.1 Å². The number of hydrogen-bond acceptors (Lipinski definition) is 6. The SMILES string of the molecule is Cc1ccc(-c2cnc(SCC(=O)Nc3cc(C)on3)n2Cc2ccco2)cc1. The maximum absolute atomic E-state index is 12.3. The summed E-state index contributed by atoms with van der Waals surface area (Å²) >= 11 is 1.36. The first kappa shape index (κ1) is 19.1. The minimum Gasteiger partial charge on any atom is -0.467 e. The summed E-state index contributed by atoms with van der Waals surface area (Å²) in [6.07, 6.45) is 3.48. The van der Waals surface area contributed by atoms with Gasteiger partial charge in [-0.3, -0.25) is 4.79 Å². The summed E-state index contributed by atoms with van der Waals surface area (Å²) in [6.45, 7) is 4.36. The first-order chi connectivity index (χ1) is 14.1. The number of amides is 1. The van der Waals surface area contributed by atoms with Crippen LogP contribution in [0, 0.1) is 13.8 Å². The number of anilines is 1. The zero-order chi connectivity index (χ0) is 20.2. The van der Waals surface area contributed by atoms with E-state index in [9.17, 15) is 4.79 Å². The van der Waals surface area contributed by atoms with E-state index >= 15 is 0 Å². The van der Waals surface area contributed by atoms with Crippen LogP contribution in [0.15, 0.2) is 69.0 Å². The molecule has 4 rings (SSSR count).